The summed E-state index contributed by atoms with van der Waals surface area (Å²) < 4.78 is 25.1. The Morgan fingerprint density at radius 3 is 2.49 bits per heavy atom. The Labute approximate surface area is 214 Å². The van der Waals surface area contributed by atoms with Crippen LogP contribution in [0.25, 0.3) is 22.3 Å². The first-order valence-corrected chi connectivity index (χ1v) is 12.8. The number of fused-ring (bicyclic) bond motifs is 6. The highest BCUT2D eigenvalue weighted by atomic mass is 16.6. The van der Waals surface area contributed by atoms with Crippen LogP contribution >= 0.6 is 0 Å². The van der Waals surface area contributed by atoms with Gasteiger partial charge in [-0.1, -0.05) is 6.92 Å². The molecule has 5 heterocycles. The third-order valence-electron chi connectivity index (χ3n) is 7.35. The van der Waals surface area contributed by atoms with Crippen molar-refractivity contribution in [1.82, 2.24) is 14.5 Å². The Balaban J connectivity index is 1.62. The molecule has 2 aromatic heterocycles. The molecule has 9 nitrogen and oxygen atoms in total. The van der Waals surface area contributed by atoms with Crippen LogP contribution in [0.1, 0.15) is 49.4 Å². The fourth-order valence-corrected chi connectivity index (χ4v) is 5.78. The van der Waals surface area contributed by atoms with E-state index < -0.39 is 11.6 Å². The van der Waals surface area contributed by atoms with Crippen LogP contribution in [-0.4, -0.2) is 53.8 Å². The van der Waals surface area contributed by atoms with Gasteiger partial charge in [0.15, 0.2) is 17.1 Å². The lowest BCUT2D eigenvalue weighted by molar-refractivity contribution is -0.187. The second-order valence-electron chi connectivity index (χ2n) is 10.4. The maximum absolute atomic E-state index is 13.8. The maximum Gasteiger partial charge on any atom is 0.343 e. The fraction of sp³-hybridized carbons (Fsp3) is 0.464. The fourth-order valence-electron chi connectivity index (χ4n) is 5.78. The van der Waals surface area contributed by atoms with Gasteiger partial charge in [0.2, 0.25) is 0 Å². The Kier molecular flexibility index (Phi) is 5.54. The Hall–Kier alpha value is -3.43. The summed E-state index contributed by atoms with van der Waals surface area (Å²) >= 11 is 0. The van der Waals surface area contributed by atoms with E-state index in [1.807, 2.05) is 53.1 Å². The molecule has 0 aliphatic carbocycles. The summed E-state index contributed by atoms with van der Waals surface area (Å²) in [5.41, 5.74) is 3.85. The molecule has 0 N–H and O–H groups in total. The number of carbonyl (C=O) groups is 1. The van der Waals surface area contributed by atoms with Crippen LogP contribution in [0, 0.1) is 0 Å². The summed E-state index contributed by atoms with van der Waals surface area (Å²) in [5, 5.41) is 0.979. The van der Waals surface area contributed by atoms with Crippen molar-refractivity contribution in [3.05, 3.63) is 50.8 Å². The molecule has 0 amide bonds. The minimum Gasteiger partial charge on any atom is -0.486 e. The third-order valence-corrected chi connectivity index (χ3v) is 7.35. The van der Waals surface area contributed by atoms with E-state index in [1.165, 1.54) is 0 Å². The van der Waals surface area contributed by atoms with Crippen molar-refractivity contribution >= 4 is 16.9 Å². The van der Waals surface area contributed by atoms with Crippen molar-refractivity contribution in [3.8, 4) is 22.9 Å². The SMILES string of the molecule is CC[C@@]1(OC(C)C)C(=O)OCc2c1cc1n(c2=O)Cc2c-1nc1cc3c(cc1c2CN(C)C)OCCO3. The van der Waals surface area contributed by atoms with Gasteiger partial charge in [0.05, 0.1) is 35.1 Å². The summed E-state index contributed by atoms with van der Waals surface area (Å²) in [7, 11) is 4.04. The molecule has 37 heavy (non-hydrogen) atoms. The van der Waals surface area contributed by atoms with Gasteiger partial charge in [0, 0.05) is 29.1 Å². The number of rotatable bonds is 5. The molecule has 0 radical (unpaired) electrons. The van der Waals surface area contributed by atoms with Crippen LogP contribution in [-0.2, 0) is 39.6 Å². The molecule has 0 fully saturated rings. The monoisotopic (exact) mass is 505 g/mol. The van der Waals surface area contributed by atoms with Crippen LogP contribution < -0.4 is 15.0 Å². The lowest BCUT2D eigenvalue weighted by atomic mass is 9.85. The molecule has 0 saturated carbocycles. The van der Waals surface area contributed by atoms with Crippen LogP contribution in [0.5, 0.6) is 11.5 Å². The molecule has 3 aromatic rings. The molecule has 194 valence electrons. The highest BCUT2D eigenvalue weighted by Crippen LogP contribution is 2.44. The molecule has 9 heteroatoms. The largest absolute Gasteiger partial charge is 0.486 e. The zero-order chi connectivity index (χ0) is 26.1. The summed E-state index contributed by atoms with van der Waals surface area (Å²) in [6, 6.07) is 5.83. The molecule has 3 aliphatic heterocycles. The predicted octanol–water partition coefficient (Wildman–Crippen LogP) is 3.35. The molecule has 1 atom stereocenters. The highest BCUT2D eigenvalue weighted by molar-refractivity contribution is 5.91. The normalized spacial score (nSPS) is 19.7. The zero-order valence-electron chi connectivity index (χ0n) is 21.8. The number of esters is 1. The number of hydrogen-bond donors (Lipinski definition) is 0. The molecule has 0 saturated heterocycles. The van der Waals surface area contributed by atoms with Crippen molar-refractivity contribution in [1.29, 1.82) is 0 Å². The number of cyclic esters (lactones) is 1. The molecule has 6 rings (SSSR count). The second-order valence-corrected chi connectivity index (χ2v) is 10.4. The third kappa shape index (κ3) is 3.55. The Bertz CT molecular complexity index is 1510. The van der Waals surface area contributed by atoms with E-state index in [-0.39, 0.29) is 18.3 Å². The number of benzene rings is 1. The quantitative estimate of drug-likeness (QED) is 0.382. The number of carbonyl (C=O) groups excluding carboxylic acids is 1. The van der Waals surface area contributed by atoms with Crippen molar-refractivity contribution in [3.63, 3.8) is 0 Å². The molecule has 0 bridgehead atoms. The number of nitrogens with zero attached hydrogens (tertiary/aromatic N) is 3. The minimum atomic E-state index is -1.33. The van der Waals surface area contributed by atoms with Crippen molar-refractivity contribution in [2.75, 3.05) is 27.3 Å². The standard InChI is InChI=1S/C28H31N3O6/c1-6-28(37-15(2)3)20-10-22-25-18(13-31(22)26(32)19(20)14-36-27(28)33)17(12-30(4)5)16-9-23-24(11-21(16)29-25)35-8-7-34-23/h9-11,15H,6-8,12-14H2,1-5H3/t28-/m0/s1. The predicted molar refractivity (Wildman–Crippen MR) is 137 cm³/mol. The number of pyridine rings is 2. The van der Waals surface area contributed by atoms with E-state index in [0.29, 0.717) is 61.0 Å². The van der Waals surface area contributed by atoms with Crippen LogP contribution in [0.15, 0.2) is 23.0 Å². The average molecular weight is 506 g/mol. The van der Waals surface area contributed by atoms with Gasteiger partial charge in [-0.05, 0) is 52.1 Å². The van der Waals surface area contributed by atoms with Crippen LogP contribution in [0.3, 0.4) is 0 Å². The maximum atomic E-state index is 13.8. The molecule has 1 aromatic carbocycles. The second kappa shape index (κ2) is 8.56. The van der Waals surface area contributed by atoms with Gasteiger partial charge >= 0.3 is 5.97 Å². The van der Waals surface area contributed by atoms with Gasteiger partial charge in [-0.3, -0.25) is 4.79 Å². The molecular weight excluding hydrogens is 474 g/mol. The van der Waals surface area contributed by atoms with Gasteiger partial charge < -0.3 is 28.4 Å². The number of ether oxygens (including phenoxy) is 4. The van der Waals surface area contributed by atoms with Crippen LogP contribution in [0.4, 0.5) is 0 Å². The first-order valence-electron chi connectivity index (χ1n) is 12.8. The minimum absolute atomic E-state index is 0.0613. The van der Waals surface area contributed by atoms with Crippen LogP contribution in [0.2, 0.25) is 0 Å². The van der Waals surface area contributed by atoms with Gasteiger partial charge in [0.25, 0.3) is 5.56 Å². The Morgan fingerprint density at radius 2 is 1.81 bits per heavy atom. The van der Waals surface area contributed by atoms with E-state index in [9.17, 15) is 9.59 Å². The van der Waals surface area contributed by atoms with Crippen molar-refractivity contribution in [2.45, 2.75) is 58.6 Å². The van der Waals surface area contributed by atoms with Crippen molar-refractivity contribution in [2.24, 2.45) is 0 Å². The van der Waals surface area contributed by atoms with Gasteiger partial charge in [-0.2, -0.15) is 0 Å². The molecule has 0 spiro atoms. The first-order chi connectivity index (χ1) is 17.7. The number of hydrogen-bond acceptors (Lipinski definition) is 8. The zero-order valence-corrected chi connectivity index (χ0v) is 21.8. The Morgan fingerprint density at radius 1 is 1.08 bits per heavy atom. The van der Waals surface area contributed by atoms with Gasteiger partial charge in [0.1, 0.15) is 19.8 Å². The number of aromatic nitrogens is 2. The van der Waals surface area contributed by atoms with E-state index in [1.54, 1.807) is 4.57 Å². The van der Waals surface area contributed by atoms with E-state index in [0.717, 1.165) is 27.7 Å². The summed E-state index contributed by atoms with van der Waals surface area (Å²) in [6.45, 7) is 7.63. The lowest BCUT2D eigenvalue weighted by Crippen LogP contribution is -2.47. The molecule has 3 aliphatic rings. The highest BCUT2D eigenvalue weighted by Gasteiger charge is 2.48. The smallest absolute Gasteiger partial charge is 0.343 e. The molecule has 0 unspecified atom stereocenters. The molecular formula is C28H31N3O6. The lowest BCUT2D eigenvalue weighted by Gasteiger charge is -2.37. The van der Waals surface area contributed by atoms with E-state index in [2.05, 4.69) is 4.90 Å². The van der Waals surface area contributed by atoms with Crippen molar-refractivity contribution < 1.29 is 23.7 Å². The van der Waals surface area contributed by atoms with Gasteiger partial charge in [-0.25, -0.2) is 9.78 Å². The van der Waals surface area contributed by atoms with E-state index >= 15 is 0 Å². The first kappa shape index (κ1) is 23.9. The summed E-state index contributed by atoms with van der Waals surface area (Å²) in [4.78, 5) is 34.1. The summed E-state index contributed by atoms with van der Waals surface area (Å²) in [6.07, 6.45) is 0.122. The summed E-state index contributed by atoms with van der Waals surface area (Å²) in [5.74, 6) is 0.918. The van der Waals surface area contributed by atoms with E-state index in [4.69, 9.17) is 23.9 Å². The van der Waals surface area contributed by atoms with Gasteiger partial charge in [-0.15, -0.1) is 0 Å². The topological polar surface area (TPSA) is 92.1 Å². The average Bonchev–Trinajstić information content (AvgIpc) is 3.23.